The fraction of sp³-hybridized carbons (Fsp3) is 0.667. The van der Waals surface area contributed by atoms with Gasteiger partial charge in [0.15, 0.2) is 0 Å². The normalized spacial score (nSPS) is 35.2. The lowest BCUT2D eigenvalue weighted by Crippen LogP contribution is -2.30. The Balaban J connectivity index is 2.46. The molecule has 0 amide bonds. The van der Waals surface area contributed by atoms with Gasteiger partial charge < -0.3 is 5.32 Å². The van der Waals surface area contributed by atoms with Crippen LogP contribution in [0.3, 0.4) is 0 Å². The van der Waals surface area contributed by atoms with E-state index in [9.17, 15) is 0 Å². The standard InChI is InChI=1S/C6H11NS/c1-3-6(2)7-4-5-8-6/h4-5,7H,3H2,1-2H3. The van der Waals surface area contributed by atoms with E-state index < -0.39 is 0 Å². The number of nitrogens with one attached hydrogen (secondary N) is 1. The molecule has 46 valence electrons. The van der Waals surface area contributed by atoms with Gasteiger partial charge in [-0.2, -0.15) is 0 Å². The van der Waals surface area contributed by atoms with Crippen LogP contribution in [0.5, 0.6) is 0 Å². The van der Waals surface area contributed by atoms with Gasteiger partial charge in [0.25, 0.3) is 0 Å². The summed E-state index contributed by atoms with van der Waals surface area (Å²) >= 11 is 1.85. The van der Waals surface area contributed by atoms with Crippen molar-refractivity contribution in [2.75, 3.05) is 0 Å². The lowest BCUT2D eigenvalue weighted by atomic mass is 10.2. The summed E-state index contributed by atoms with van der Waals surface area (Å²) < 4.78 is 0. The third-order valence-electron chi connectivity index (χ3n) is 1.46. The Morgan fingerprint density at radius 1 is 1.75 bits per heavy atom. The predicted octanol–water partition coefficient (Wildman–Crippen LogP) is 1.92. The molecule has 2 heteroatoms. The van der Waals surface area contributed by atoms with E-state index in [1.165, 1.54) is 6.42 Å². The van der Waals surface area contributed by atoms with Crippen molar-refractivity contribution in [1.29, 1.82) is 0 Å². The van der Waals surface area contributed by atoms with Gasteiger partial charge in [-0.25, -0.2) is 0 Å². The minimum Gasteiger partial charge on any atom is -0.376 e. The maximum atomic E-state index is 3.27. The molecule has 0 spiro atoms. The molecule has 0 aromatic rings. The molecule has 0 aromatic heterocycles. The van der Waals surface area contributed by atoms with Gasteiger partial charge in [0.2, 0.25) is 0 Å². The molecule has 0 fully saturated rings. The number of rotatable bonds is 1. The Kier molecular flexibility index (Phi) is 1.52. The van der Waals surface area contributed by atoms with Crippen LogP contribution in [-0.2, 0) is 0 Å². The average Bonchev–Trinajstić information content (AvgIpc) is 2.17. The lowest BCUT2D eigenvalue weighted by molar-refractivity contribution is 0.572. The maximum absolute atomic E-state index is 3.27. The van der Waals surface area contributed by atoms with Crippen molar-refractivity contribution in [1.82, 2.24) is 5.32 Å². The Hall–Kier alpha value is -0.110. The molecule has 1 aliphatic heterocycles. The molecule has 1 unspecified atom stereocenters. The van der Waals surface area contributed by atoms with Gasteiger partial charge >= 0.3 is 0 Å². The van der Waals surface area contributed by atoms with Crippen molar-refractivity contribution >= 4 is 11.8 Å². The monoisotopic (exact) mass is 129 g/mol. The van der Waals surface area contributed by atoms with Gasteiger partial charge in [-0.05, 0) is 18.8 Å². The Morgan fingerprint density at radius 3 is 2.75 bits per heavy atom. The Labute approximate surface area is 54.5 Å². The third kappa shape index (κ3) is 0.996. The fourth-order valence-electron chi connectivity index (χ4n) is 0.614. The molecule has 0 saturated heterocycles. The predicted molar refractivity (Wildman–Crippen MR) is 38.6 cm³/mol. The highest BCUT2D eigenvalue weighted by atomic mass is 32.2. The first-order chi connectivity index (χ1) is 3.77. The first-order valence-corrected chi connectivity index (χ1v) is 3.75. The van der Waals surface area contributed by atoms with Crippen LogP contribution in [0.25, 0.3) is 0 Å². The quantitative estimate of drug-likeness (QED) is 0.580. The molecule has 1 aliphatic rings. The van der Waals surface area contributed by atoms with Crippen molar-refractivity contribution in [3.05, 3.63) is 11.6 Å². The van der Waals surface area contributed by atoms with E-state index in [1.807, 2.05) is 18.0 Å². The largest absolute Gasteiger partial charge is 0.376 e. The highest BCUT2D eigenvalue weighted by Gasteiger charge is 2.21. The Bertz CT molecular complexity index is 101. The molecule has 0 saturated carbocycles. The minimum atomic E-state index is 0.292. The lowest BCUT2D eigenvalue weighted by Gasteiger charge is -2.20. The summed E-state index contributed by atoms with van der Waals surface area (Å²) in [5.41, 5.74) is 0. The molecule has 8 heavy (non-hydrogen) atoms. The first kappa shape index (κ1) is 6.02. The SMILES string of the molecule is CCC1(C)NC=CS1. The minimum absolute atomic E-state index is 0.292. The third-order valence-corrected chi connectivity index (χ3v) is 2.66. The molecule has 1 heterocycles. The van der Waals surface area contributed by atoms with Crippen molar-refractivity contribution < 1.29 is 0 Å². The molecule has 0 aliphatic carbocycles. The van der Waals surface area contributed by atoms with Gasteiger partial charge in [-0.1, -0.05) is 6.92 Å². The van der Waals surface area contributed by atoms with Crippen LogP contribution in [0.4, 0.5) is 0 Å². The summed E-state index contributed by atoms with van der Waals surface area (Å²) in [5.74, 6) is 0. The number of hydrogen-bond acceptors (Lipinski definition) is 2. The maximum Gasteiger partial charge on any atom is 0.0838 e. The van der Waals surface area contributed by atoms with Gasteiger partial charge in [0.1, 0.15) is 0 Å². The summed E-state index contributed by atoms with van der Waals surface area (Å²) in [5, 5.41) is 5.37. The van der Waals surface area contributed by atoms with E-state index in [0.717, 1.165) is 0 Å². The molecular formula is C6H11NS. The highest BCUT2D eigenvalue weighted by molar-refractivity contribution is 8.03. The molecule has 1 nitrogen and oxygen atoms in total. The molecule has 0 bridgehead atoms. The van der Waals surface area contributed by atoms with Crippen LogP contribution in [-0.4, -0.2) is 4.87 Å². The molecule has 1 N–H and O–H groups in total. The van der Waals surface area contributed by atoms with E-state index in [-0.39, 0.29) is 0 Å². The number of hydrogen-bond donors (Lipinski definition) is 1. The van der Waals surface area contributed by atoms with Crippen LogP contribution in [0.15, 0.2) is 11.6 Å². The van der Waals surface area contributed by atoms with E-state index >= 15 is 0 Å². The molecule has 1 atom stereocenters. The van der Waals surface area contributed by atoms with Gasteiger partial charge in [-0.3, -0.25) is 0 Å². The van der Waals surface area contributed by atoms with Crippen molar-refractivity contribution in [3.8, 4) is 0 Å². The van der Waals surface area contributed by atoms with Crippen LogP contribution in [0.1, 0.15) is 20.3 Å². The van der Waals surface area contributed by atoms with E-state index in [4.69, 9.17) is 0 Å². The molecule has 0 aromatic carbocycles. The second-order valence-corrected chi connectivity index (χ2v) is 3.56. The average molecular weight is 129 g/mol. The molecule has 0 radical (unpaired) electrons. The second-order valence-electron chi connectivity index (χ2n) is 2.15. The summed E-state index contributed by atoms with van der Waals surface area (Å²) in [4.78, 5) is 0.292. The topological polar surface area (TPSA) is 12.0 Å². The van der Waals surface area contributed by atoms with Crippen molar-refractivity contribution in [3.63, 3.8) is 0 Å². The Morgan fingerprint density at radius 2 is 2.50 bits per heavy atom. The molecule has 1 rings (SSSR count). The summed E-state index contributed by atoms with van der Waals surface area (Å²) in [6.45, 7) is 4.39. The van der Waals surface area contributed by atoms with Crippen molar-refractivity contribution in [2.24, 2.45) is 0 Å². The number of thioether (sulfide) groups is 1. The van der Waals surface area contributed by atoms with Crippen LogP contribution < -0.4 is 5.32 Å². The van der Waals surface area contributed by atoms with Gasteiger partial charge in [0.05, 0.1) is 4.87 Å². The van der Waals surface area contributed by atoms with Crippen LogP contribution >= 0.6 is 11.8 Å². The zero-order valence-corrected chi connectivity index (χ0v) is 6.09. The van der Waals surface area contributed by atoms with E-state index in [1.54, 1.807) is 0 Å². The van der Waals surface area contributed by atoms with Crippen LogP contribution in [0.2, 0.25) is 0 Å². The van der Waals surface area contributed by atoms with E-state index in [2.05, 4.69) is 24.6 Å². The van der Waals surface area contributed by atoms with Crippen molar-refractivity contribution in [2.45, 2.75) is 25.1 Å². The summed E-state index contributed by atoms with van der Waals surface area (Å²) in [6, 6.07) is 0. The van der Waals surface area contributed by atoms with Gasteiger partial charge in [-0.15, -0.1) is 11.8 Å². The first-order valence-electron chi connectivity index (χ1n) is 2.87. The summed E-state index contributed by atoms with van der Waals surface area (Å²) in [7, 11) is 0. The zero-order valence-electron chi connectivity index (χ0n) is 5.27. The van der Waals surface area contributed by atoms with Crippen LogP contribution in [0, 0.1) is 0 Å². The highest BCUT2D eigenvalue weighted by Crippen LogP contribution is 2.30. The summed E-state index contributed by atoms with van der Waals surface area (Å²) in [6.07, 6.45) is 3.18. The zero-order chi connectivity index (χ0) is 6.04. The van der Waals surface area contributed by atoms with E-state index in [0.29, 0.717) is 4.87 Å². The second kappa shape index (κ2) is 2.02. The molecular weight excluding hydrogens is 118 g/mol. The van der Waals surface area contributed by atoms with Gasteiger partial charge in [0, 0.05) is 6.20 Å². The smallest absolute Gasteiger partial charge is 0.0838 e. The fourth-order valence-corrected chi connectivity index (χ4v) is 1.35.